The minimum Gasteiger partial charge on any atom is -0.507 e. The molecule has 3 atom stereocenters. The largest absolute Gasteiger partial charge is 0.507 e. The van der Waals surface area contributed by atoms with E-state index < -0.39 is 12.3 Å². The van der Waals surface area contributed by atoms with Gasteiger partial charge in [-0.05, 0) is 53.6 Å². The summed E-state index contributed by atoms with van der Waals surface area (Å²) in [5.74, 6) is -0.462. The number of aromatic hydroxyl groups is 1. The van der Waals surface area contributed by atoms with Crippen molar-refractivity contribution in [1.29, 1.82) is 0 Å². The number of aliphatic hydroxyl groups is 1. The summed E-state index contributed by atoms with van der Waals surface area (Å²) in [5.41, 5.74) is 1.84. The molecule has 1 aromatic carbocycles. The Morgan fingerprint density at radius 3 is 2.64 bits per heavy atom. The highest BCUT2D eigenvalue weighted by atomic mass is 16.6. The number of esters is 1. The average molecular weight is 344 g/mol. The van der Waals surface area contributed by atoms with Gasteiger partial charge < -0.3 is 14.9 Å². The van der Waals surface area contributed by atoms with Crippen LogP contribution >= 0.6 is 0 Å². The van der Waals surface area contributed by atoms with Gasteiger partial charge in [0.15, 0.2) is 6.29 Å². The molecule has 3 unspecified atom stereocenters. The molecule has 134 valence electrons. The number of ether oxygens (including phenoxy) is 1. The van der Waals surface area contributed by atoms with E-state index in [2.05, 4.69) is 20.8 Å². The number of aliphatic hydroxyl groups excluding tert-OH is 1. The Hall–Kier alpha value is -1.88. The van der Waals surface area contributed by atoms with Crippen LogP contribution in [0.2, 0.25) is 0 Å². The van der Waals surface area contributed by atoms with Crippen LogP contribution in [0.4, 0.5) is 0 Å². The molecule has 5 nitrogen and oxygen atoms in total. The van der Waals surface area contributed by atoms with E-state index in [1.165, 1.54) is 0 Å². The zero-order chi connectivity index (χ0) is 18.1. The lowest BCUT2D eigenvalue weighted by molar-refractivity contribution is -0.0570. The number of fused-ring (bicyclic) bond motifs is 5. The summed E-state index contributed by atoms with van der Waals surface area (Å²) in [6.07, 6.45) is 3.81. The lowest BCUT2D eigenvalue weighted by atomic mass is 9.49. The first kappa shape index (κ1) is 16.6. The van der Waals surface area contributed by atoms with Crippen molar-refractivity contribution in [3.05, 3.63) is 27.8 Å². The minimum atomic E-state index is -1.36. The summed E-state index contributed by atoms with van der Waals surface area (Å²) >= 11 is 0. The van der Waals surface area contributed by atoms with Crippen LogP contribution in [0.5, 0.6) is 5.75 Å². The molecule has 1 saturated carbocycles. The number of carbonyl (C=O) groups is 2. The van der Waals surface area contributed by atoms with Crippen molar-refractivity contribution in [2.75, 3.05) is 0 Å². The normalized spacial score (nSPS) is 32.4. The number of hydrogen-bond donors (Lipinski definition) is 2. The van der Waals surface area contributed by atoms with Crippen molar-refractivity contribution < 1.29 is 24.5 Å². The number of rotatable bonds is 1. The molecule has 5 heteroatoms. The van der Waals surface area contributed by atoms with Gasteiger partial charge in [0.25, 0.3) is 0 Å². The monoisotopic (exact) mass is 344 g/mol. The number of hydrogen-bond acceptors (Lipinski definition) is 5. The zero-order valence-corrected chi connectivity index (χ0v) is 14.9. The van der Waals surface area contributed by atoms with Crippen molar-refractivity contribution in [3.63, 3.8) is 0 Å². The van der Waals surface area contributed by atoms with Crippen LogP contribution in [0, 0.1) is 11.3 Å². The Labute approximate surface area is 147 Å². The van der Waals surface area contributed by atoms with E-state index in [-0.39, 0.29) is 27.7 Å². The van der Waals surface area contributed by atoms with Crippen LogP contribution in [0.1, 0.15) is 90.2 Å². The van der Waals surface area contributed by atoms with Gasteiger partial charge in [-0.1, -0.05) is 27.2 Å². The summed E-state index contributed by atoms with van der Waals surface area (Å²) in [7, 11) is 0. The fraction of sp³-hybridized carbons (Fsp3) is 0.600. The molecule has 0 amide bonds. The number of benzene rings is 1. The van der Waals surface area contributed by atoms with E-state index in [9.17, 15) is 19.8 Å². The third-order valence-corrected chi connectivity index (χ3v) is 6.92. The Kier molecular flexibility index (Phi) is 3.36. The number of carbonyl (C=O) groups excluding carboxylic acids is 2. The van der Waals surface area contributed by atoms with E-state index in [1.54, 1.807) is 0 Å². The molecule has 0 bridgehead atoms. The first-order chi connectivity index (χ1) is 11.7. The summed E-state index contributed by atoms with van der Waals surface area (Å²) in [6, 6.07) is 0. The molecule has 0 spiro atoms. The van der Waals surface area contributed by atoms with Gasteiger partial charge >= 0.3 is 5.97 Å². The molecule has 1 fully saturated rings. The predicted octanol–water partition coefficient (Wildman–Crippen LogP) is 3.40. The highest BCUT2D eigenvalue weighted by molar-refractivity contribution is 6.04. The summed E-state index contributed by atoms with van der Waals surface area (Å²) in [6.45, 7) is 6.72. The molecule has 0 saturated heterocycles. The maximum absolute atomic E-state index is 12.2. The average Bonchev–Trinajstić information content (AvgIpc) is 2.81. The lowest BCUT2D eigenvalue weighted by Gasteiger charge is -2.55. The second-order valence-electron chi connectivity index (χ2n) is 8.63. The van der Waals surface area contributed by atoms with Gasteiger partial charge in [-0.3, -0.25) is 4.79 Å². The van der Waals surface area contributed by atoms with Crippen LogP contribution in [-0.2, 0) is 16.6 Å². The van der Waals surface area contributed by atoms with Gasteiger partial charge in [0.2, 0.25) is 6.29 Å². The van der Waals surface area contributed by atoms with Crippen molar-refractivity contribution in [2.24, 2.45) is 11.3 Å². The Morgan fingerprint density at radius 2 is 1.96 bits per heavy atom. The molecule has 25 heavy (non-hydrogen) atoms. The third kappa shape index (κ3) is 1.99. The maximum atomic E-state index is 12.2. The second-order valence-corrected chi connectivity index (χ2v) is 8.63. The molecule has 2 aliphatic carbocycles. The maximum Gasteiger partial charge on any atom is 0.342 e. The summed E-state index contributed by atoms with van der Waals surface area (Å²) in [5, 5.41) is 21.1. The van der Waals surface area contributed by atoms with E-state index in [0.717, 1.165) is 31.2 Å². The van der Waals surface area contributed by atoms with E-state index in [1.807, 2.05) is 0 Å². The van der Waals surface area contributed by atoms with Crippen molar-refractivity contribution in [1.82, 2.24) is 0 Å². The molecular formula is C20H24O5. The second kappa shape index (κ2) is 5.07. The highest BCUT2D eigenvalue weighted by Crippen LogP contribution is 2.60. The third-order valence-electron chi connectivity index (χ3n) is 6.92. The van der Waals surface area contributed by atoms with Gasteiger partial charge in [-0.15, -0.1) is 0 Å². The molecule has 2 N–H and O–H groups in total. The van der Waals surface area contributed by atoms with E-state index >= 15 is 0 Å². The van der Waals surface area contributed by atoms with Gasteiger partial charge in [-0.25, -0.2) is 4.79 Å². The van der Waals surface area contributed by atoms with E-state index in [4.69, 9.17) is 4.74 Å². The molecule has 1 aliphatic heterocycles. The smallest absolute Gasteiger partial charge is 0.342 e. The van der Waals surface area contributed by atoms with Gasteiger partial charge in [0.05, 0.1) is 11.1 Å². The Morgan fingerprint density at radius 1 is 1.24 bits per heavy atom. The fourth-order valence-electron chi connectivity index (χ4n) is 5.95. The topological polar surface area (TPSA) is 83.8 Å². The summed E-state index contributed by atoms with van der Waals surface area (Å²) < 4.78 is 5.02. The van der Waals surface area contributed by atoms with E-state index in [0.29, 0.717) is 29.8 Å². The van der Waals surface area contributed by atoms with Gasteiger partial charge in [0, 0.05) is 5.56 Å². The molecule has 3 aliphatic rings. The van der Waals surface area contributed by atoms with Crippen molar-refractivity contribution >= 4 is 12.3 Å². The standard InChI is InChI=1S/C20H24O5/c1-19(2)7-4-8-20(3)12(19)6-5-10-15(20)14-13(11(9-21)16(10)22)17(23)25-18(14)24/h9,12,18,22,24H,4-8H2,1-3H3. The van der Waals surface area contributed by atoms with Crippen LogP contribution in [-0.4, -0.2) is 22.5 Å². The molecule has 4 rings (SSSR count). The van der Waals surface area contributed by atoms with Gasteiger partial charge in [-0.2, -0.15) is 0 Å². The molecule has 0 aromatic heterocycles. The highest BCUT2D eigenvalue weighted by Gasteiger charge is 2.54. The quantitative estimate of drug-likeness (QED) is 0.602. The van der Waals surface area contributed by atoms with Crippen LogP contribution in [0.3, 0.4) is 0 Å². The number of aldehydes is 1. The Bertz CT molecular complexity index is 794. The van der Waals surface area contributed by atoms with Gasteiger partial charge in [0.1, 0.15) is 5.75 Å². The first-order valence-electron chi connectivity index (χ1n) is 8.99. The van der Waals surface area contributed by atoms with Crippen LogP contribution in [0.25, 0.3) is 0 Å². The SMILES string of the molecule is CC1(C)CCCC2(C)c3c(c(O)c(C=O)c4c3C(O)OC4=O)CCC12. The van der Waals surface area contributed by atoms with Crippen LogP contribution < -0.4 is 0 Å². The molecular weight excluding hydrogens is 320 g/mol. The number of phenols is 1. The summed E-state index contributed by atoms with van der Waals surface area (Å²) in [4.78, 5) is 23.8. The number of phenolic OH excluding ortho intramolecular Hbond substituents is 1. The predicted molar refractivity (Wildman–Crippen MR) is 90.7 cm³/mol. The Balaban J connectivity index is 2.07. The van der Waals surface area contributed by atoms with Crippen LogP contribution in [0.15, 0.2) is 0 Å². The van der Waals surface area contributed by atoms with Crippen molar-refractivity contribution in [3.8, 4) is 5.75 Å². The first-order valence-corrected chi connectivity index (χ1v) is 8.99. The number of cyclic esters (lactones) is 1. The minimum absolute atomic E-state index is 0.0454. The fourth-order valence-corrected chi connectivity index (χ4v) is 5.95. The molecule has 1 heterocycles. The molecule has 0 radical (unpaired) electrons. The zero-order valence-electron chi connectivity index (χ0n) is 14.9. The van der Waals surface area contributed by atoms with Crippen molar-refractivity contribution in [2.45, 2.75) is 64.6 Å². The molecule has 1 aromatic rings. The lowest BCUT2D eigenvalue weighted by Crippen LogP contribution is -2.48.